The molecule has 0 amide bonds. The molecule has 0 fully saturated rings. The molecule has 0 bridgehead atoms. The molecule has 0 saturated heterocycles. The number of hydrogen-bond donors (Lipinski definition) is 0. The van der Waals surface area contributed by atoms with E-state index in [-0.39, 0.29) is 0 Å². The second kappa shape index (κ2) is 11.4. The Bertz CT molecular complexity index is 3740. The van der Waals surface area contributed by atoms with Crippen molar-refractivity contribution in [3.8, 4) is 33.6 Å². The van der Waals surface area contributed by atoms with E-state index in [2.05, 4.69) is 159 Å². The van der Waals surface area contributed by atoms with Crippen LogP contribution in [-0.2, 0) is 0 Å². The molecule has 13 aromatic rings. The molecule has 0 unspecified atom stereocenters. The van der Waals surface area contributed by atoms with Crippen LogP contribution >= 0.6 is 0 Å². The number of benzene rings is 8. The molecule has 6 heteroatoms. The van der Waals surface area contributed by atoms with Crippen LogP contribution in [0.3, 0.4) is 0 Å². The summed E-state index contributed by atoms with van der Waals surface area (Å²) < 4.78 is 19.6. The minimum atomic E-state index is 0.757. The second-order valence-electron chi connectivity index (χ2n) is 14.8. The van der Waals surface area contributed by atoms with Crippen LogP contribution < -0.4 is 0 Å². The van der Waals surface area contributed by atoms with E-state index in [1.165, 1.54) is 16.3 Å². The van der Waals surface area contributed by atoms with Crippen LogP contribution in [0.15, 0.2) is 191 Å². The molecule has 0 saturated carbocycles. The molecule has 0 atom stereocenters. The lowest BCUT2D eigenvalue weighted by molar-refractivity contribution is 0.651. The van der Waals surface area contributed by atoms with Gasteiger partial charge in [0, 0.05) is 43.9 Å². The Hall–Kier alpha value is -7.83. The molecular weight excluding hydrogens is 701 g/mol. The van der Waals surface area contributed by atoms with Gasteiger partial charge in [0.2, 0.25) is 11.5 Å². The Morgan fingerprint density at radius 1 is 0.386 bits per heavy atom. The van der Waals surface area contributed by atoms with Crippen molar-refractivity contribution in [2.24, 2.45) is 0 Å². The highest BCUT2D eigenvalue weighted by molar-refractivity contribution is 6.12. The molecule has 5 heterocycles. The highest BCUT2D eigenvalue weighted by Crippen LogP contribution is 2.40. The van der Waals surface area contributed by atoms with E-state index in [1.807, 2.05) is 36.4 Å². The van der Waals surface area contributed by atoms with E-state index < -0.39 is 0 Å². The predicted octanol–water partition coefficient (Wildman–Crippen LogP) is 13.5. The number of rotatable bonds is 4. The van der Waals surface area contributed by atoms with Gasteiger partial charge in [-0.1, -0.05) is 109 Å². The van der Waals surface area contributed by atoms with Gasteiger partial charge in [-0.3, -0.25) is 4.57 Å². The zero-order valence-electron chi connectivity index (χ0n) is 30.4. The van der Waals surface area contributed by atoms with E-state index in [9.17, 15) is 0 Å². The molecule has 0 N–H and O–H groups in total. The first kappa shape index (κ1) is 30.5. The van der Waals surface area contributed by atoms with Gasteiger partial charge in [-0.15, -0.1) is 0 Å². The Balaban J connectivity index is 0.958. The van der Waals surface area contributed by atoms with Gasteiger partial charge in [-0.25, -0.2) is 9.38 Å². The number of fused-ring (bicyclic) bond motifs is 13. The SMILES string of the molecule is c1ccc(-n2c3cc(-c4ccc5c(c4)c4ccccc4n5-c4ccc(-c5cccc6c5oc5ccccc56)cc4)ccc3n3c4oc5ccccc5c4nc23)cc1. The van der Waals surface area contributed by atoms with Crippen molar-refractivity contribution in [2.45, 2.75) is 0 Å². The van der Waals surface area contributed by atoms with Gasteiger partial charge >= 0.3 is 0 Å². The summed E-state index contributed by atoms with van der Waals surface area (Å²) in [5.74, 6) is 0.826. The van der Waals surface area contributed by atoms with Crippen LogP contribution in [0.1, 0.15) is 0 Å². The van der Waals surface area contributed by atoms with Crippen molar-refractivity contribution < 1.29 is 8.83 Å². The first-order valence-electron chi connectivity index (χ1n) is 19.2. The first-order valence-corrected chi connectivity index (χ1v) is 19.2. The van der Waals surface area contributed by atoms with E-state index in [4.69, 9.17) is 13.8 Å². The summed E-state index contributed by atoms with van der Waals surface area (Å²) in [5.41, 5.74) is 15.4. The van der Waals surface area contributed by atoms with Crippen LogP contribution in [0.25, 0.3) is 116 Å². The maximum Gasteiger partial charge on any atom is 0.234 e. The lowest BCUT2D eigenvalue weighted by Crippen LogP contribution is -1.95. The molecule has 266 valence electrons. The average Bonchev–Trinajstić information content (AvgIpc) is 4.07. The summed E-state index contributed by atoms with van der Waals surface area (Å²) >= 11 is 0. The smallest absolute Gasteiger partial charge is 0.234 e. The van der Waals surface area contributed by atoms with E-state index >= 15 is 0 Å². The Labute approximate surface area is 324 Å². The highest BCUT2D eigenvalue weighted by Gasteiger charge is 2.22. The lowest BCUT2D eigenvalue weighted by Gasteiger charge is -2.10. The Kier molecular flexibility index (Phi) is 6.07. The number of nitrogens with zero attached hydrogens (tertiary/aromatic N) is 4. The minimum Gasteiger partial charge on any atom is -0.455 e. The summed E-state index contributed by atoms with van der Waals surface area (Å²) in [5, 5.41) is 5.71. The molecule has 8 aromatic carbocycles. The molecule has 5 aromatic heterocycles. The number of hydrogen-bond acceptors (Lipinski definition) is 3. The third-order valence-corrected chi connectivity index (χ3v) is 11.7. The molecule has 0 aliphatic rings. The maximum absolute atomic E-state index is 6.44. The predicted molar refractivity (Wildman–Crippen MR) is 232 cm³/mol. The van der Waals surface area contributed by atoms with Gasteiger partial charge in [0.25, 0.3) is 0 Å². The molecule has 0 radical (unpaired) electrons. The van der Waals surface area contributed by atoms with Crippen LogP contribution in [0.5, 0.6) is 0 Å². The first-order chi connectivity index (χ1) is 28.3. The number of imidazole rings is 2. The van der Waals surface area contributed by atoms with E-state index in [0.717, 1.165) is 100 Å². The monoisotopic (exact) mass is 730 g/mol. The van der Waals surface area contributed by atoms with Crippen molar-refractivity contribution in [3.05, 3.63) is 182 Å². The highest BCUT2D eigenvalue weighted by atomic mass is 16.3. The van der Waals surface area contributed by atoms with E-state index in [0.29, 0.717) is 0 Å². The fourth-order valence-electron chi connectivity index (χ4n) is 9.09. The summed E-state index contributed by atoms with van der Waals surface area (Å²) in [6.45, 7) is 0. The summed E-state index contributed by atoms with van der Waals surface area (Å²) in [4.78, 5) is 5.20. The van der Waals surface area contributed by atoms with Crippen molar-refractivity contribution in [3.63, 3.8) is 0 Å². The zero-order valence-corrected chi connectivity index (χ0v) is 30.4. The molecule has 13 rings (SSSR count). The average molecular weight is 731 g/mol. The summed E-state index contributed by atoms with van der Waals surface area (Å²) in [6.07, 6.45) is 0. The van der Waals surface area contributed by atoms with Crippen LogP contribution in [0.2, 0.25) is 0 Å². The largest absolute Gasteiger partial charge is 0.455 e. The van der Waals surface area contributed by atoms with Gasteiger partial charge < -0.3 is 13.4 Å². The number of aromatic nitrogens is 4. The van der Waals surface area contributed by atoms with Crippen molar-refractivity contribution >= 4 is 82.8 Å². The molecule has 57 heavy (non-hydrogen) atoms. The topological polar surface area (TPSA) is 53.4 Å². The van der Waals surface area contributed by atoms with Crippen LogP contribution in [0, 0.1) is 0 Å². The molecule has 0 spiro atoms. The molecule has 0 aliphatic carbocycles. The number of furan rings is 2. The molecule has 0 aliphatic heterocycles. The van der Waals surface area contributed by atoms with Crippen LogP contribution in [0.4, 0.5) is 0 Å². The van der Waals surface area contributed by atoms with Gasteiger partial charge in [-0.2, -0.15) is 0 Å². The van der Waals surface area contributed by atoms with Crippen LogP contribution in [-0.4, -0.2) is 18.5 Å². The van der Waals surface area contributed by atoms with Gasteiger partial charge in [-0.05, 0) is 89.5 Å². The number of para-hydroxylation sites is 5. The normalized spacial score (nSPS) is 12.2. The molecule has 6 nitrogen and oxygen atoms in total. The quantitative estimate of drug-likeness (QED) is 0.181. The third-order valence-electron chi connectivity index (χ3n) is 11.7. The summed E-state index contributed by atoms with van der Waals surface area (Å²) in [7, 11) is 0. The lowest BCUT2D eigenvalue weighted by atomic mass is 10.0. The zero-order chi connectivity index (χ0) is 37.2. The molecular formula is C51H30N4O2. The Morgan fingerprint density at radius 3 is 1.86 bits per heavy atom. The standard InChI is InChI=1S/C51H30N4O2/c1-2-11-34(12-3-1)54-45-30-33(24-28-44(45)55-50-48(52-51(54)55)40-15-6-9-20-47(40)57-50)32-23-27-43-41(29-32)37-13-4-7-18-42(37)53(43)35-25-21-31(22-26-35)36-16-10-17-39-38-14-5-8-19-46(38)56-49(36)39/h1-30H. The van der Waals surface area contributed by atoms with Gasteiger partial charge in [0.05, 0.1) is 22.1 Å². The van der Waals surface area contributed by atoms with Gasteiger partial charge in [0.15, 0.2) is 0 Å². The summed E-state index contributed by atoms with van der Waals surface area (Å²) in [6, 6.07) is 64.3. The van der Waals surface area contributed by atoms with Gasteiger partial charge in [0.1, 0.15) is 22.3 Å². The third kappa shape index (κ3) is 4.26. The van der Waals surface area contributed by atoms with Crippen molar-refractivity contribution in [1.82, 2.24) is 18.5 Å². The second-order valence-corrected chi connectivity index (χ2v) is 14.8. The maximum atomic E-state index is 6.44. The van der Waals surface area contributed by atoms with E-state index in [1.54, 1.807) is 0 Å². The van der Waals surface area contributed by atoms with Crippen molar-refractivity contribution in [2.75, 3.05) is 0 Å². The fraction of sp³-hybridized carbons (Fsp3) is 0. The fourth-order valence-corrected chi connectivity index (χ4v) is 9.09. The Morgan fingerprint density at radius 2 is 1.02 bits per heavy atom. The van der Waals surface area contributed by atoms with Crippen molar-refractivity contribution in [1.29, 1.82) is 0 Å². The minimum absolute atomic E-state index is 0.757.